The van der Waals surface area contributed by atoms with Crippen LogP contribution < -0.4 is 5.32 Å². The van der Waals surface area contributed by atoms with E-state index in [0.29, 0.717) is 19.6 Å². The fourth-order valence-electron chi connectivity index (χ4n) is 4.22. The Labute approximate surface area is 238 Å². The summed E-state index contributed by atoms with van der Waals surface area (Å²) in [7, 11) is -3.11. The highest BCUT2D eigenvalue weighted by Gasteiger charge is 2.28. The number of likely N-dealkylation sites (tertiary alicyclic amines) is 1. The lowest BCUT2D eigenvalue weighted by molar-refractivity contribution is -0.150. The number of carbonyl (C=O) groups excluding carboxylic acids is 2. The van der Waals surface area contributed by atoms with E-state index in [9.17, 15) is 14.2 Å². The maximum atomic E-state index is 12.6. The van der Waals surface area contributed by atoms with Gasteiger partial charge in [0.15, 0.2) is 0 Å². The smallest absolute Gasteiger partial charge is 0.407 e. The predicted octanol–water partition coefficient (Wildman–Crippen LogP) is 5.97. The number of ether oxygens (including phenoxy) is 2. The van der Waals surface area contributed by atoms with Gasteiger partial charge in [-0.15, -0.1) is 11.8 Å². The molecule has 39 heavy (non-hydrogen) atoms. The third-order valence-electron chi connectivity index (χ3n) is 6.10. The molecule has 0 bridgehead atoms. The first kappa shape index (κ1) is 33.6. The van der Waals surface area contributed by atoms with Crippen molar-refractivity contribution < 1.29 is 32.7 Å². The van der Waals surface area contributed by atoms with Gasteiger partial charge in [-0.25, -0.2) is 4.79 Å². The second-order valence-corrected chi connectivity index (χ2v) is 13.8. The molecule has 1 aliphatic heterocycles. The molecule has 0 radical (unpaired) electrons. The van der Waals surface area contributed by atoms with E-state index < -0.39 is 19.3 Å². The molecule has 9 nitrogen and oxygen atoms in total. The van der Waals surface area contributed by atoms with Crippen molar-refractivity contribution in [2.45, 2.75) is 76.8 Å². The second kappa shape index (κ2) is 17.3. The number of esters is 1. The number of thioether (sulfide) groups is 1. The Morgan fingerprint density at radius 3 is 2.33 bits per heavy atom. The minimum absolute atomic E-state index is 0.0444. The van der Waals surface area contributed by atoms with Gasteiger partial charge in [0.25, 0.3) is 0 Å². The molecule has 1 heterocycles. The van der Waals surface area contributed by atoms with Crippen LogP contribution in [0.5, 0.6) is 0 Å². The maximum Gasteiger partial charge on any atom is 0.407 e. The molecule has 1 atom stereocenters. The Balaban J connectivity index is 1.75. The van der Waals surface area contributed by atoms with Crippen molar-refractivity contribution in [3.8, 4) is 0 Å². The van der Waals surface area contributed by atoms with Gasteiger partial charge >= 0.3 is 19.7 Å². The first-order valence-corrected chi connectivity index (χ1v) is 16.7. The van der Waals surface area contributed by atoms with Gasteiger partial charge in [-0.1, -0.05) is 18.2 Å². The first-order chi connectivity index (χ1) is 18.5. The molecule has 1 N–H and O–H groups in total. The predicted molar refractivity (Wildman–Crippen MR) is 155 cm³/mol. The first-order valence-electron chi connectivity index (χ1n) is 14.0. The molecular formula is C28H47N2O7PS. The van der Waals surface area contributed by atoms with E-state index in [0.717, 1.165) is 49.5 Å². The van der Waals surface area contributed by atoms with Crippen LogP contribution in [0.4, 0.5) is 4.79 Å². The second-order valence-electron chi connectivity index (χ2n) is 10.6. The van der Waals surface area contributed by atoms with Gasteiger partial charge in [0.1, 0.15) is 5.60 Å². The third-order valence-corrected chi connectivity index (χ3v) is 9.44. The molecule has 1 aliphatic rings. The number of hydrogen-bond donors (Lipinski definition) is 1. The van der Waals surface area contributed by atoms with Crippen LogP contribution in [-0.2, 0) is 27.9 Å². The molecular weight excluding hydrogens is 539 g/mol. The molecule has 0 spiro atoms. The summed E-state index contributed by atoms with van der Waals surface area (Å²) in [4.78, 5) is 28.5. The van der Waals surface area contributed by atoms with E-state index in [-0.39, 0.29) is 30.7 Å². The summed E-state index contributed by atoms with van der Waals surface area (Å²) in [5.74, 6) is 0.420. The van der Waals surface area contributed by atoms with Crippen molar-refractivity contribution in [3.05, 3.63) is 30.3 Å². The van der Waals surface area contributed by atoms with Gasteiger partial charge in [0.2, 0.25) is 0 Å². The molecule has 0 aromatic heterocycles. The van der Waals surface area contributed by atoms with E-state index in [1.165, 1.54) is 0 Å². The van der Waals surface area contributed by atoms with Crippen LogP contribution in [0.25, 0.3) is 0 Å². The van der Waals surface area contributed by atoms with E-state index in [1.54, 1.807) is 25.6 Å². The number of amides is 1. The van der Waals surface area contributed by atoms with Crippen molar-refractivity contribution in [3.63, 3.8) is 0 Å². The molecule has 1 saturated heterocycles. The van der Waals surface area contributed by atoms with Crippen LogP contribution in [0, 0.1) is 5.92 Å². The number of rotatable bonds is 16. The molecule has 0 unspecified atom stereocenters. The standard InChI is InChI=1S/C28H47N2O7PS/c1-6-35-38(33,36-7-2)21-11-20-34-26(31)23-14-17-30(18-15-23)19-16-24(29-27(32)37-28(3,4)5)22-39-25-12-9-8-10-13-25/h8-10,12-13,23-24H,6-7,11,14-22H2,1-5H3,(H,29,32)/t24-/m1/s1. The Bertz CT molecular complexity index is 895. The lowest BCUT2D eigenvalue weighted by Gasteiger charge is -2.32. The fourth-order valence-corrected chi connectivity index (χ4v) is 6.85. The van der Waals surface area contributed by atoms with Gasteiger partial charge in [0.05, 0.1) is 31.9 Å². The normalized spacial score (nSPS) is 16.0. The monoisotopic (exact) mass is 586 g/mol. The molecule has 0 saturated carbocycles. The summed E-state index contributed by atoms with van der Waals surface area (Å²) < 4.78 is 34.0. The van der Waals surface area contributed by atoms with Gasteiger partial charge in [-0.3, -0.25) is 9.36 Å². The van der Waals surface area contributed by atoms with E-state index >= 15 is 0 Å². The number of nitrogens with one attached hydrogen (secondary N) is 1. The molecule has 2 rings (SSSR count). The van der Waals surface area contributed by atoms with E-state index in [2.05, 4.69) is 22.3 Å². The quantitative estimate of drug-likeness (QED) is 0.109. The lowest BCUT2D eigenvalue weighted by Crippen LogP contribution is -2.43. The van der Waals surface area contributed by atoms with E-state index in [1.807, 2.05) is 39.0 Å². The van der Waals surface area contributed by atoms with Crippen LogP contribution in [0.3, 0.4) is 0 Å². The minimum Gasteiger partial charge on any atom is -0.465 e. The molecule has 222 valence electrons. The fraction of sp³-hybridized carbons (Fsp3) is 0.714. The number of hydrogen-bond acceptors (Lipinski definition) is 9. The average molecular weight is 587 g/mol. The largest absolute Gasteiger partial charge is 0.465 e. The topological polar surface area (TPSA) is 103 Å². The van der Waals surface area contributed by atoms with Gasteiger partial charge in [0, 0.05) is 23.2 Å². The Hall–Kier alpha value is -1.58. The average Bonchev–Trinajstić information content (AvgIpc) is 2.88. The summed E-state index contributed by atoms with van der Waals surface area (Å²) in [6, 6.07) is 10.1. The third kappa shape index (κ3) is 14.0. The van der Waals surface area contributed by atoms with Crippen LogP contribution in [0.2, 0.25) is 0 Å². The van der Waals surface area contributed by atoms with Gasteiger partial charge < -0.3 is 28.7 Å². The molecule has 0 aliphatic carbocycles. The van der Waals surface area contributed by atoms with Crippen LogP contribution >= 0.6 is 19.4 Å². The molecule has 11 heteroatoms. The zero-order valence-corrected chi connectivity index (χ0v) is 25.9. The summed E-state index contributed by atoms with van der Waals surface area (Å²) in [6.07, 6.45) is 2.53. The summed E-state index contributed by atoms with van der Waals surface area (Å²) in [5.41, 5.74) is -0.552. The minimum atomic E-state index is -3.11. The van der Waals surface area contributed by atoms with Crippen molar-refractivity contribution in [1.29, 1.82) is 0 Å². The van der Waals surface area contributed by atoms with Crippen molar-refractivity contribution in [2.75, 3.05) is 51.4 Å². The van der Waals surface area contributed by atoms with E-state index in [4.69, 9.17) is 18.5 Å². The zero-order chi connectivity index (χ0) is 28.7. The van der Waals surface area contributed by atoms with Crippen molar-refractivity contribution in [2.24, 2.45) is 5.92 Å². The van der Waals surface area contributed by atoms with Gasteiger partial charge in [-0.05, 0) is 85.5 Å². The Kier molecular flexibility index (Phi) is 14.9. The van der Waals surface area contributed by atoms with Crippen LogP contribution in [0.15, 0.2) is 35.2 Å². The lowest BCUT2D eigenvalue weighted by atomic mass is 9.97. The number of alkyl carbamates (subject to hydrolysis) is 1. The van der Waals surface area contributed by atoms with Crippen molar-refractivity contribution in [1.82, 2.24) is 10.2 Å². The number of nitrogens with zero attached hydrogens (tertiary/aromatic N) is 1. The highest BCUT2D eigenvalue weighted by Crippen LogP contribution is 2.48. The van der Waals surface area contributed by atoms with Gasteiger partial charge in [-0.2, -0.15) is 0 Å². The van der Waals surface area contributed by atoms with Crippen LogP contribution in [0.1, 0.15) is 60.3 Å². The van der Waals surface area contributed by atoms with Crippen LogP contribution in [-0.4, -0.2) is 80.0 Å². The summed E-state index contributed by atoms with van der Waals surface area (Å²) in [5, 5.41) is 3.04. The van der Waals surface area contributed by atoms with Crippen molar-refractivity contribution >= 4 is 31.4 Å². The maximum absolute atomic E-state index is 12.6. The summed E-state index contributed by atoms with van der Waals surface area (Å²) >= 11 is 1.71. The molecule has 1 aromatic carbocycles. The molecule has 1 amide bonds. The highest BCUT2D eigenvalue weighted by molar-refractivity contribution is 7.99. The molecule has 1 aromatic rings. The Morgan fingerprint density at radius 1 is 1.10 bits per heavy atom. The highest BCUT2D eigenvalue weighted by atomic mass is 32.2. The number of carbonyl (C=O) groups is 2. The molecule has 1 fully saturated rings. The number of benzene rings is 1. The zero-order valence-electron chi connectivity index (χ0n) is 24.2. The number of piperidine rings is 1. The summed E-state index contributed by atoms with van der Waals surface area (Å²) in [6.45, 7) is 12.4. The Morgan fingerprint density at radius 2 is 1.74 bits per heavy atom. The SMILES string of the molecule is CCOP(=O)(CCCOC(=O)C1CCN(CC[C@H](CSc2ccccc2)NC(=O)OC(C)(C)C)CC1)OCC.